The van der Waals surface area contributed by atoms with Crippen LogP contribution in [0.3, 0.4) is 0 Å². The summed E-state index contributed by atoms with van der Waals surface area (Å²) in [6.45, 7) is 6.47. The molecule has 0 atom stereocenters. The lowest BCUT2D eigenvalue weighted by Gasteiger charge is -2.34. The van der Waals surface area contributed by atoms with Gasteiger partial charge in [0.15, 0.2) is 0 Å². The van der Waals surface area contributed by atoms with Crippen LogP contribution < -0.4 is 10.7 Å². The van der Waals surface area contributed by atoms with Crippen LogP contribution in [-0.4, -0.2) is 17.9 Å². The maximum Gasteiger partial charge on any atom is 0.144 e. The molecule has 3 rings (SSSR count). The lowest BCUT2D eigenvalue weighted by atomic mass is 9.92. The number of rotatable bonds is 4. The van der Waals surface area contributed by atoms with E-state index in [9.17, 15) is 5.26 Å². The third kappa shape index (κ3) is 3.31. The van der Waals surface area contributed by atoms with Crippen LogP contribution in [0.15, 0.2) is 52.4 Å². The van der Waals surface area contributed by atoms with E-state index in [1.807, 2.05) is 38.1 Å². The number of fused-ring (bicyclic) bond motifs is 1. The van der Waals surface area contributed by atoms with Crippen molar-refractivity contribution in [2.75, 3.05) is 11.6 Å². The number of nitrogens with two attached hydrogens (primary N) is 1. The van der Waals surface area contributed by atoms with Gasteiger partial charge >= 0.3 is 0 Å². The molecule has 2 heterocycles. The van der Waals surface area contributed by atoms with Gasteiger partial charge in [0.05, 0.1) is 23.6 Å². The average molecular weight is 336 g/mol. The zero-order valence-corrected chi connectivity index (χ0v) is 15.0. The van der Waals surface area contributed by atoms with Crippen molar-refractivity contribution in [2.24, 2.45) is 10.8 Å². The van der Waals surface area contributed by atoms with Crippen molar-refractivity contribution in [1.82, 2.24) is 0 Å². The Kier molecular flexibility index (Phi) is 4.65. The maximum absolute atomic E-state index is 9.69. The first-order valence-corrected chi connectivity index (χ1v) is 8.69. The highest BCUT2D eigenvalue weighted by Crippen LogP contribution is 2.34. The SMILES string of the molecule is CCCCc1ccccc1N1N=C2COC(C)(C)C=C2C(C#N)=C1N. The van der Waals surface area contributed by atoms with Crippen molar-refractivity contribution in [3.8, 4) is 6.07 Å². The molecule has 0 aliphatic carbocycles. The number of hydrogen-bond donors (Lipinski definition) is 1. The monoisotopic (exact) mass is 336 g/mol. The van der Waals surface area contributed by atoms with Gasteiger partial charge < -0.3 is 10.5 Å². The molecule has 0 amide bonds. The number of unbranched alkanes of at least 4 members (excludes halogenated alkanes) is 1. The van der Waals surface area contributed by atoms with Crippen molar-refractivity contribution in [2.45, 2.75) is 45.6 Å². The molecule has 0 saturated heterocycles. The quantitative estimate of drug-likeness (QED) is 0.911. The summed E-state index contributed by atoms with van der Waals surface area (Å²) in [7, 11) is 0. The third-order valence-corrected chi connectivity index (χ3v) is 4.49. The van der Waals surface area contributed by atoms with Gasteiger partial charge in [-0.1, -0.05) is 31.5 Å². The number of benzene rings is 1. The highest BCUT2D eigenvalue weighted by Gasteiger charge is 2.33. The van der Waals surface area contributed by atoms with Gasteiger partial charge in [0.25, 0.3) is 0 Å². The predicted octanol–water partition coefficient (Wildman–Crippen LogP) is 3.63. The smallest absolute Gasteiger partial charge is 0.144 e. The molecule has 130 valence electrons. The Morgan fingerprint density at radius 1 is 1.36 bits per heavy atom. The lowest BCUT2D eigenvalue weighted by molar-refractivity contribution is 0.0409. The van der Waals surface area contributed by atoms with E-state index in [2.05, 4.69) is 19.1 Å². The van der Waals surface area contributed by atoms with Crippen molar-refractivity contribution in [3.05, 3.63) is 52.9 Å². The molecule has 0 fully saturated rings. The van der Waals surface area contributed by atoms with Gasteiger partial charge in [-0.3, -0.25) is 0 Å². The van der Waals surface area contributed by atoms with Crippen LogP contribution in [-0.2, 0) is 11.2 Å². The fraction of sp³-hybridized carbons (Fsp3) is 0.400. The summed E-state index contributed by atoms with van der Waals surface area (Å²) in [5, 5.41) is 16.1. The van der Waals surface area contributed by atoms with E-state index in [-0.39, 0.29) is 0 Å². The molecule has 0 bridgehead atoms. The second-order valence-electron chi connectivity index (χ2n) is 6.91. The molecule has 0 spiro atoms. The summed E-state index contributed by atoms with van der Waals surface area (Å²) in [6.07, 6.45) is 5.10. The van der Waals surface area contributed by atoms with E-state index in [4.69, 9.17) is 15.6 Å². The summed E-state index contributed by atoms with van der Waals surface area (Å²) in [6, 6.07) is 10.3. The van der Waals surface area contributed by atoms with Gasteiger partial charge in [-0.15, -0.1) is 0 Å². The highest BCUT2D eigenvalue weighted by atomic mass is 16.5. The molecule has 0 radical (unpaired) electrons. The first-order chi connectivity index (χ1) is 12.0. The number of ether oxygens (including phenoxy) is 1. The molecular weight excluding hydrogens is 312 g/mol. The van der Waals surface area contributed by atoms with Crippen LogP contribution in [0, 0.1) is 11.3 Å². The van der Waals surface area contributed by atoms with Crippen molar-refractivity contribution >= 4 is 11.4 Å². The molecule has 1 aromatic rings. The van der Waals surface area contributed by atoms with Gasteiger partial charge in [-0.2, -0.15) is 10.4 Å². The maximum atomic E-state index is 9.69. The number of aryl methyl sites for hydroxylation is 1. The van der Waals surface area contributed by atoms with E-state index in [1.165, 1.54) is 5.56 Å². The number of hydrogen-bond acceptors (Lipinski definition) is 5. The van der Waals surface area contributed by atoms with E-state index in [1.54, 1.807) is 5.01 Å². The number of nitrogens with zero attached hydrogens (tertiary/aromatic N) is 3. The number of para-hydroxylation sites is 1. The summed E-state index contributed by atoms with van der Waals surface area (Å²) in [5.41, 5.74) is 10.0. The van der Waals surface area contributed by atoms with Crippen LogP contribution in [0.2, 0.25) is 0 Å². The number of anilines is 1. The standard InChI is InChI=1S/C20H24N4O/c1-4-5-8-14-9-6-7-10-18(14)24-19(22)16(12-21)15-11-20(2,3)25-13-17(15)23-24/h6-7,9-11H,4-5,8,13,22H2,1-3H3. The Balaban J connectivity index is 2.09. The Bertz CT molecular complexity index is 811. The Morgan fingerprint density at radius 2 is 2.12 bits per heavy atom. The third-order valence-electron chi connectivity index (χ3n) is 4.49. The van der Waals surface area contributed by atoms with E-state index < -0.39 is 5.60 Å². The molecule has 25 heavy (non-hydrogen) atoms. The zero-order valence-electron chi connectivity index (χ0n) is 15.0. The van der Waals surface area contributed by atoms with Crippen LogP contribution in [0.25, 0.3) is 0 Å². The molecule has 0 saturated carbocycles. The summed E-state index contributed by atoms with van der Waals surface area (Å²) in [4.78, 5) is 0. The number of nitriles is 1. The fourth-order valence-corrected chi connectivity index (χ4v) is 3.12. The normalized spacial score (nSPS) is 19.0. The number of hydrazone groups is 1. The van der Waals surface area contributed by atoms with Crippen LogP contribution in [0.5, 0.6) is 0 Å². The first kappa shape index (κ1) is 17.2. The molecular formula is C20H24N4O. The zero-order chi connectivity index (χ0) is 18.0. The van der Waals surface area contributed by atoms with Crippen LogP contribution >= 0.6 is 0 Å². The average Bonchev–Trinajstić information content (AvgIpc) is 2.59. The Labute approximate surface area is 149 Å². The molecule has 2 aliphatic rings. The molecule has 1 aromatic carbocycles. The molecule has 0 aromatic heterocycles. The number of allylic oxidation sites excluding steroid dienone is 1. The molecule has 2 N–H and O–H groups in total. The van der Waals surface area contributed by atoms with E-state index >= 15 is 0 Å². The minimum absolute atomic E-state index is 0.366. The van der Waals surface area contributed by atoms with Gasteiger partial charge in [0.1, 0.15) is 17.5 Å². The van der Waals surface area contributed by atoms with Gasteiger partial charge in [0.2, 0.25) is 0 Å². The van der Waals surface area contributed by atoms with Crippen molar-refractivity contribution < 1.29 is 4.74 Å². The molecule has 5 heteroatoms. The van der Waals surface area contributed by atoms with Gasteiger partial charge in [0, 0.05) is 5.57 Å². The summed E-state index contributed by atoms with van der Waals surface area (Å²) >= 11 is 0. The Morgan fingerprint density at radius 3 is 2.84 bits per heavy atom. The van der Waals surface area contributed by atoms with E-state index in [0.717, 1.165) is 36.2 Å². The van der Waals surface area contributed by atoms with Gasteiger partial charge in [-0.25, -0.2) is 5.01 Å². The van der Waals surface area contributed by atoms with E-state index in [0.29, 0.717) is 18.0 Å². The first-order valence-electron chi connectivity index (χ1n) is 8.69. The predicted molar refractivity (Wildman–Crippen MR) is 99.9 cm³/mol. The van der Waals surface area contributed by atoms with Crippen molar-refractivity contribution in [3.63, 3.8) is 0 Å². The fourth-order valence-electron chi connectivity index (χ4n) is 3.12. The minimum Gasteiger partial charge on any atom is -0.383 e. The van der Waals surface area contributed by atoms with Crippen molar-refractivity contribution in [1.29, 1.82) is 5.26 Å². The highest BCUT2D eigenvalue weighted by molar-refractivity contribution is 6.08. The molecule has 0 unspecified atom stereocenters. The topological polar surface area (TPSA) is 74.6 Å². The largest absolute Gasteiger partial charge is 0.383 e. The Hall–Kier alpha value is -2.58. The second-order valence-corrected chi connectivity index (χ2v) is 6.91. The molecule has 2 aliphatic heterocycles. The van der Waals surface area contributed by atoms with Crippen LogP contribution in [0.4, 0.5) is 5.69 Å². The van der Waals surface area contributed by atoms with Gasteiger partial charge in [-0.05, 0) is 44.4 Å². The molecule has 5 nitrogen and oxygen atoms in total. The second kappa shape index (κ2) is 6.73. The lowest BCUT2D eigenvalue weighted by Crippen LogP contribution is -2.39. The summed E-state index contributed by atoms with van der Waals surface area (Å²) in [5.74, 6) is 0.374. The van der Waals surface area contributed by atoms with Crippen LogP contribution in [0.1, 0.15) is 39.2 Å². The minimum atomic E-state index is -0.433. The summed E-state index contributed by atoms with van der Waals surface area (Å²) < 4.78 is 5.84.